The van der Waals surface area contributed by atoms with Gasteiger partial charge in [-0.3, -0.25) is 14.5 Å². The van der Waals surface area contributed by atoms with Crippen molar-refractivity contribution in [3.8, 4) is 0 Å². The van der Waals surface area contributed by atoms with Gasteiger partial charge in [0.25, 0.3) is 5.91 Å². The van der Waals surface area contributed by atoms with Crippen molar-refractivity contribution in [1.29, 1.82) is 0 Å². The summed E-state index contributed by atoms with van der Waals surface area (Å²) in [5, 5.41) is 3.62. The molecule has 8 heteroatoms. The number of fused-ring (bicyclic) bond motifs is 2. The maximum Gasteiger partial charge on any atom is 0.341 e. The predicted molar refractivity (Wildman–Crippen MR) is 120 cm³/mol. The van der Waals surface area contributed by atoms with Crippen molar-refractivity contribution >= 4 is 39.2 Å². The molecular weight excluding hydrogens is 416 g/mol. The van der Waals surface area contributed by atoms with E-state index in [4.69, 9.17) is 9.15 Å². The van der Waals surface area contributed by atoms with E-state index in [1.807, 2.05) is 0 Å². The van der Waals surface area contributed by atoms with Crippen molar-refractivity contribution < 1.29 is 18.7 Å². The number of rotatable bonds is 5. The molecule has 4 rings (SSSR count). The second kappa shape index (κ2) is 8.64. The second-order valence-corrected chi connectivity index (χ2v) is 8.77. The van der Waals surface area contributed by atoms with E-state index in [9.17, 15) is 14.4 Å². The van der Waals surface area contributed by atoms with Crippen LogP contribution in [0.2, 0.25) is 0 Å². The van der Waals surface area contributed by atoms with Crippen LogP contribution in [0.25, 0.3) is 11.0 Å². The zero-order chi connectivity index (χ0) is 22.1. The van der Waals surface area contributed by atoms with Crippen LogP contribution in [0.3, 0.4) is 0 Å². The average molecular weight is 441 g/mol. The number of para-hydroxylation sites is 1. The van der Waals surface area contributed by atoms with Gasteiger partial charge < -0.3 is 14.5 Å². The molecule has 162 valence electrons. The number of nitrogens with one attached hydrogen (secondary N) is 1. The van der Waals surface area contributed by atoms with Crippen LogP contribution in [0.4, 0.5) is 5.00 Å². The lowest BCUT2D eigenvalue weighted by Gasteiger charge is -2.30. The van der Waals surface area contributed by atoms with Gasteiger partial charge in [0.1, 0.15) is 10.6 Å². The van der Waals surface area contributed by atoms with Gasteiger partial charge in [0.15, 0.2) is 11.2 Å². The zero-order valence-electron chi connectivity index (χ0n) is 17.7. The first-order chi connectivity index (χ1) is 14.9. The summed E-state index contributed by atoms with van der Waals surface area (Å²) in [5.41, 5.74) is 1.37. The summed E-state index contributed by atoms with van der Waals surface area (Å²) in [6, 6.07) is 8.32. The molecule has 1 aromatic carbocycles. The van der Waals surface area contributed by atoms with Crippen molar-refractivity contribution in [3.63, 3.8) is 0 Å². The van der Waals surface area contributed by atoms with Gasteiger partial charge in [0, 0.05) is 30.1 Å². The number of amides is 1. The van der Waals surface area contributed by atoms with Crippen LogP contribution in [-0.2, 0) is 17.7 Å². The minimum absolute atomic E-state index is 0.103. The molecule has 0 atom stereocenters. The number of carbonyl (C=O) groups excluding carboxylic acids is 2. The first kappa shape index (κ1) is 21.3. The van der Waals surface area contributed by atoms with Crippen LogP contribution in [0.5, 0.6) is 0 Å². The lowest BCUT2D eigenvalue weighted by atomic mass is 10.0. The Morgan fingerprint density at radius 3 is 2.81 bits per heavy atom. The molecule has 0 bridgehead atoms. The summed E-state index contributed by atoms with van der Waals surface area (Å²) < 4.78 is 10.9. The van der Waals surface area contributed by atoms with Crippen molar-refractivity contribution in [3.05, 3.63) is 62.3 Å². The molecule has 1 N–H and O–H groups in total. The summed E-state index contributed by atoms with van der Waals surface area (Å²) >= 11 is 1.37. The molecule has 1 aliphatic heterocycles. The molecule has 0 aliphatic carbocycles. The number of benzene rings is 1. The molecule has 3 aromatic rings. The fourth-order valence-electron chi connectivity index (χ4n) is 3.75. The second-order valence-electron chi connectivity index (χ2n) is 7.67. The Bertz CT molecular complexity index is 1210. The Kier molecular flexibility index (Phi) is 5.93. The fourth-order valence-corrected chi connectivity index (χ4v) is 5.01. The molecule has 0 radical (unpaired) electrons. The van der Waals surface area contributed by atoms with E-state index >= 15 is 0 Å². The molecular formula is C23H24N2O5S. The minimum Gasteiger partial charge on any atom is -0.462 e. The van der Waals surface area contributed by atoms with E-state index in [1.165, 1.54) is 17.4 Å². The molecule has 0 unspecified atom stereocenters. The number of nitrogens with zero attached hydrogens (tertiary/aromatic N) is 1. The summed E-state index contributed by atoms with van der Waals surface area (Å²) in [6.07, 6.45) is 0.707. The van der Waals surface area contributed by atoms with Crippen LogP contribution >= 0.6 is 11.3 Å². The fraction of sp³-hybridized carbons (Fsp3) is 0.348. The Morgan fingerprint density at radius 1 is 1.29 bits per heavy atom. The van der Waals surface area contributed by atoms with E-state index in [2.05, 4.69) is 24.1 Å². The third-order valence-electron chi connectivity index (χ3n) is 5.38. The van der Waals surface area contributed by atoms with Crippen LogP contribution in [-0.4, -0.2) is 36.0 Å². The summed E-state index contributed by atoms with van der Waals surface area (Å²) in [6.45, 7) is 7.81. The van der Waals surface area contributed by atoms with Gasteiger partial charge in [0.2, 0.25) is 0 Å². The van der Waals surface area contributed by atoms with Crippen LogP contribution in [0.1, 0.15) is 52.1 Å². The number of thiophene rings is 1. The summed E-state index contributed by atoms with van der Waals surface area (Å²) in [7, 11) is 0. The van der Waals surface area contributed by atoms with Gasteiger partial charge in [-0.2, -0.15) is 0 Å². The lowest BCUT2D eigenvalue weighted by Crippen LogP contribution is -2.35. The highest BCUT2D eigenvalue weighted by Gasteiger charge is 2.30. The first-order valence-electron chi connectivity index (χ1n) is 10.3. The standard InChI is InChI=1S/C23H24N2O5S/c1-4-29-23(28)20-15-9-10-25(13(2)3)12-19(15)31-22(20)24-21(27)18-11-16(26)14-7-5-6-8-17(14)30-18/h5-8,11,13H,4,9-10,12H2,1-3H3,(H,24,27). The van der Waals surface area contributed by atoms with E-state index in [0.717, 1.165) is 17.0 Å². The number of anilines is 1. The molecule has 0 saturated carbocycles. The Morgan fingerprint density at radius 2 is 2.06 bits per heavy atom. The number of esters is 1. The largest absolute Gasteiger partial charge is 0.462 e. The number of carbonyl (C=O) groups is 2. The predicted octanol–water partition coefficient (Wildman–Crippen LogP) is 4.05. The molecule has 1 aliphatic rings. The smallest absolute Gasteiger partial charge is 0.341 e. The van der Waals surface area contributed by atoms with Crippen molar-refractivity contribution in [2.45, 2.75) is 39.8 Å². The van der Waals surface area contributed by atoms with Crippen LogP contribution in [0, 0.1) is 0 Å². The first-order valence-corrected chi connectivity index (χ1v) is 11.1. The SMILES string of the molecule is CCOC(=O)c1c(NC(=O)c2cc(=O)c3ccccc3o2)sc2c1CCN(C(C)C)C2. The van der Waals surface area contributed by atoms with Crippen LogP contribution < -0.4 is 10.7 Å². The average Bonchev–Trinajstić information content (AvgIpc) is 3.10. The Labute approximate surface area is 183 Å². The Balaban J connectivity index is 1.70. The van der Waals surface area contributed by atoms with Crippen molar-refractivity contribution in [2.24, 2.45) is 0 Å². The molecule has 31 heavy (non-hydrogen) atoms. The van der Waals surface area contributed by atoms with Gasteiger partial charge >= 0.3 is 5.97 Å². The van der Waals surface area contributed by atoms with Crippen molar-refractivity contribution in [1.82, 2.24) is 4.90 Å². The van der Waals surface area contributed by atoms with E-state index in [1.54, 1.807) is 31.2 Å². The number of hydrogen-bond donors (Lipinski definition) is 1. The lowest BCUT2D eigenvalue weighted by molar-refractivity contribution is 0.0526. The minimum atomic E-state index is -0.576. The molecule has 2 aromatic heterocycles. The van der Waals surface area contributed by atoms with E-state index in [0.29, 0.717) is 40.5 Å². The highest BCUT2D eigenvalue weighted by molar-refractivity contribution is 7.17. The van der Waals surface area contributed by atoms with Gasteiger partial charge in [0.05, 0.1) is 17.6 Å². The maximum atomic E-state index is 12.9. The normalized spacial score (nSPS) is 13.9. The van der Waals surface area contributed by atoms with Gasteiger partial charge in [-0.1, -0.05) is 12.1 Å². The highest BCUT2D eigenvalue weighted by Crippen LogP contribution is 2.38. The summed E-state index contributed by atoms with van der Waals surface area (Å²) in [5.74, 6) is -1.13. The Hall–Kier alpha value is -2.97. The molecule has 3 heterocycles. The van der Waals surface area contributed by atoms with E-state index < -0.39 is 11.9 Å². The van der Waals surface area contributed by atoms with Gasteiger partial charge in [-0.25, -0.2) is 4.79 Å². The molecule has 7 nitrogen and oxygen atoms in total. The zero-order valence-corrected chi connectivity index (χ0v) is 18.5. The third-order valence-corrected chi connectivity index (χ3v) is 6.51. The monoisotopic (exact) mass is 440 g/mol. The number of hydrogen-bond acceptors (Lipinski definition) is 7. The molecule has 1 amide bonds. The van der Waals surface area contributed by atoms with Crippen molar-refractivity contribution in [2.75, 3.05) is 18.5 Å². The quantitative estimate of drug-likeness (QED) is 0.602. The summed E-state index contributed by atoms with van der Waals surface area (Å²) in [4.78, 5) is 41.4. The topological polar surface area (TPSA) is 88.8 Å². The highest BCUT2D eigenvalue weighted by atomic mass is 32.1. The third kappa shape index (κ3) is 4.13. The van der Waals surface area contributed by atoms with Crippen LogP contribution in [0.15, 0.2) is 39.5 Å². The molecule has 0 spiro atoms. The molecule has 0 saturated heterocycles. The van der Waals surface area contributed by atoms with E-state index in [-0.39, 0.29) is 17.8 Å². The molecule has 0 fully saturated rings. The number of ether oxygens (including phenoxy) is 1. The van der Waals surface area contributed by atoms with Gasteiger partial charge in [-0.15, -0.1) is 11.3 Å². The maximum absolute atomic E-state index is 12.9. The van der Waals surface area contributed by atoms with Gasteiger partial charge in [-0.05, 0) is 44.9 Å².